The highest BCUT2D eigenvalue weighted by Gasteiger charge is 2.51. The number of phenolic OH excluding ortho intramolecular Hbond substituents is 1. The minimum absolute atomic E-state index is 0.281. The van der Waals surface area contributed by atoms with Crippen molar-refractivity contribution in [3.8, 4) is 5.75 Å². The van der Waals surface area contributed by atoms with Gasteiger partial charge in [0.15, 0.2) is 0 Å². The summed E-state index contributed by atoms with van der Waals surface area (Å²) in [6.45, 7) is 4.90. The smallest absolute Gasteiger partial charge is 0.116 e. The number of rotatable bonds is 0. The van der Waals surface area contributed by atoms with Crippen LogP contribution in [0, 0.1) is 23.7 Å². The fourth-order valence-electron chi connectivity index (χ4n) is 5.44. The van der Waals surface area contributed by atoms with Crippen molar-refractivity contribution in [3.63, 3.8) is 0 Å². The molecule has 0 radical (unpaired) electrons. The lowest BCUT2D eigenvalue weighted by Gasteiger charge is -2.50. The van der Waals surface area contributed by atoms with Gasteiger partial charge in [0.05, 0.1) is 0 Å². The molecular weight excluding hydrogens is 244 g/mol. The minimum atomic E-state index is 0.281. The van der Waals surface area contributed by atoms with Gasteiger partial charge in [0.25, 0.3) is 0 Å². The van der Waals surface area contributed by atoms with Crippen molar-refractivity contribution < 1.29 is 5.11 Å². The van der Waals surface area contributed by atoms with Crippen molar-refractivity contribution in [2.75, 3.05) is 0 Å². The highest BCUT2D eigenvalue weighted by Crippen LogP contribution is 2.58. The number of benzene rings is 1. The van der Waals surface area contributed by atoms with E-state index in [1.807, 2.05) is 12.1 Å². The number of aromatic hydroxyl groups is 1. The molecule has 4 rings (SSSR count). The first-order valence-corrected chi connectivity index (χ1v) is 8.11. The van der Waals surface area contributed by atoms with E-state index >= 15 is 0 Å². The summed E-state index contributed by atoms with van der Waals surface area (Å²) in [5.74, 6) is 3.82. The van der Waals surface area contributed by atoms with Gasteiger partial charge in [0.2, 0.25) is 0 Å². The van der Waals surface area contributed by atoms with Crippen LogP contribution in [0.3, 0.4) is 0 Å². The molecule has 0 bridgehead atoms. The van der Waals surface area contributed by atoms with Crippen LogP contribution >= 0.6 is 0 Å². The van der Waals surface area contributed by atoms with Crippen LogP contribution in [0.2, 0.25) is 0 Å². The maximum atomic E-state index is 9.72. The Morgan fingerprint density at radius 2 is 2.00 bits per heavy atom. The highest BCUT2D eigenvalue weighted by atomic mass is 16.3. The molecule has 20 heavy (non-hydrogen) atoms. The van der Waals surface area contributed by atoms with Gasteiger partial charge in [-0.05, 0) is 71.6 Å². The van der Waals surface area contributed by atoms with Gasteiger partial charge < -0.3 is 5.11 Å². The molecule has 0 aliphatic heterocycles. The molecule has 1 aromatic carbocycles. The van der Waals surface area contributed by atoms with Crippen LogP contribution in [0.1, 0.15) is 50.7 Å². The van der Waals surface area contributed by atoms with Crippen LogP contribution in [-0.4, -0.2) is 5.11 Å². The number of fused-ring (bicyclic) bond motifs is 5. The van der Waals surface area contributed by atoms with E-state index in [0.29, 0.717) is 11.7 Å². The third-order valence-electron chi connectivity index (χ3n) is 6.56. The van der Waals surface area contributed by atoms with Crippen molar-refractivity contribution in [2.24, 2.45) is 23.7 Å². The van der Waals surface area contributed by atoms with Crippen molar-refractivity contribution >= 4 is 6.08 Å². The van der Waals surface area contributed by atoms with Gasteiger partial charge in [0.1, 0.15) is 5.75 Å². The zero-order valence-electron chi connectivity index (χ0n) is 12.5. The van der Waals surface area contributed by atoms with E-state index in [2.05, 4.69) is 32.1 Å². The minimum Gasteiger partial charge on any atom is -0.508 e. The van der Waals surface area contributed by atoms with E-state index in [-0.39, 0.29) is 5.41 Å². The van der Waals surface area contributed by atoms with Gasteiger partial charge in [-0.2, -0.15) is 0 Å². The topological polar surface area (TPSA) is 20.2 Å². The van der Waals surface area contributed by atoms with E-state index in [0.717, 1.165) is 17.8 Å². The standard InChI is InChI=1S/C19H24O/c1-12-3-6-16-15(12)9-10-19(2)17-8-5-14(20)11-13(17)4-7-18(16)19/h4-5,7-8,11-12,15-16,18,20H,3,6,9-10H2,1-2H3/t12-,15?,16?,18?,19+/m0/s1. The molecule has 0 saturated heterocycles. The molecule has 1 N–H and O–H groups in total. The second kappa shape index (κ2) is 4.13. The lowest BCUT2D eigenvalue weighted by Crippen LogP contribution is -2.44. The van der Waals surface area contributed by atoms with Crippen molar-refractivity contribution in [1.82, 2.24) is 0 Å². The maximum absolute atomic E-state index is 9.72. The molecule has 1 aromatic rings. The highest BCUT2D eigenvalue weighted by molar-refractivity contribution is 5.62. The molecule has 3 unspecified atom stereocenters. The molecule has 1 nitrogen and oxygen atoms in total. The molecule has 0 heterocycles. The third-order valence-corrected chi connectivity index (χ3v) is 6.56. The molecule has 0 amide bonds. The molecule has 5 atom stereocenters. The predicted molar refractivity (Wildman–Crippen MR) is 82.6 cm³/mol. The maximum Gasteiger partial charge on any atom is 0.116 e. The molecule has 0 spiro atoms. The first-order chi connectivity index (χ1) is 9.59. The van der Waals surface area contributed by atoms with Gasteiger partial charge in [-0.1, -0.05) is 38.5 Å². The van der Waals surface area contributed by atoms with E-state index in [9.17, 15) is 5.11 Å². The summed E-state index contributed by atoms with van der Waals surface area (Å²) in [6.07, 6.45) is 10.2. The number of phenols is 1. The van der Waals surface area contributed by atoms with E-state index < -0.39 is 0 Å². The van der Waals surface area contributed by atoms with Crippen molar-refractivity contribution in [3.05, 3.63) is 35.4 Å². The molecule has 3 aliphatic carbocycles. The first kappa shape index (κ1) is 12.5. The van der Waals surface area contributed by atoms with Crippen LogP contribution in [0.4, 0.5) is 0 Å². The lowest BCUT2D eigenvalue weighted by atomic mass is 9.54. The summed E-state index contributed by atoms with van der Waals surface area (Å²) in [5.41, 5.74) is 2.97. The second-order valence-electron chi connectivity index (χ2n) is 7.49. The first-order valence-electron chi connectivity index (χ1n) is 8.11. The van der Waals surface area contributed by atoms with Gasteiger partial charge in [-0.25, -0.2) is 0 Å². The quantitative estimate of drug-likeness (QED) is 0.720. The Morgan fingerprint density at radius 3 is 2.85 bits per heavy atom. The molecule has 3 aliphatic rings. The summed E-state index contributed by atoms with van der Waals surface area (Å²) in [6, 6.07) is 5.96. The Hall–Kier alpha value is -1.24. The molecule has 0 aromatic heterocycles. The zero-order chi connectivity index (χ0) is 13.9. The summed E-state index contributed by atoms with van der Waals surface area (Å²) < 4.78 is 0. The average molecular weight is 268 g/mol. The summed E-state index contributed by atoms with van der Waals surface area (Å²) in [4.78, 5) is 0. The van der Waals surface area contributed by atoms with Crippen LogP contribution in [0.15, 0.2) is 24.3 Å². The second-order valence-corrected chi connectivity index (χ2v) is 7.49. The zero-order valence-corrected chi connectivity index (χ0v) is 12.5. The van der Waals surface area contributed by atoms with Crippen molar-refractivity contribution in [1.29, 1.82) is 0 Å². The van der Waals surface area contributed by atoms with Crippen molar-refractivity contribution in [2.45, 2.75) is 44.9 Å². The lowest BCUT2D eigenvalue weighted by molar-refractivity contribution is 0.107. The largest absolute Gasteiger partial charge is 0.508 e. The van der Waals surface area contributed by atoms with Crippen LogP contribution in [-0.2, 0) is 5.41 Å². The molecule has 2 saturated carbocycles. The molecule has 2 fully saturated rings. The van der Waals surface area contributed by atoms with Gasteiger partial charge >= 0.3 is 0 Å². The number of allylic oxidation sites excluding steroid dienone is 1. The molecular formula is C19H24O. The number of hydrogen-bond acceptors (Lipinski definition) is 1. The van der Waals surface area contributed by atoms with Crippen LogP contribution in [0.5, 0.6) is 5.75 Å². The Kier molecular flexibility index (Phi) is 2.58. The Bertz CT molecular complexity index is 573. The molecule has 106 valence electrons. The van der Waals surface area contributed by atoms with Gasteiger partial charge in [-0.15, -0.1) is 0 Å². The fourth-order valence-corrected chi connectivity index (χ4v) is 5.44. The Balaban J connectivity index is 1.79. The normalized spacial score (nSPS) is 41.9. The Morgan fingerprint density at radius 1 is 1.15 bits per heavy atom. The monoisotopic (exact) mass is 268 g/mol. The SMILES string of the molecule is C[C@H]1CCC2C1CC[C@]1(C)c3ccc(O)cc3C=CC21. The Labute approximate surface area is 121 Å². The van der Waals surface area contributed by atoms with Gasteiger partial charge in [-0.3, -0.25) is 0 Å². The number of hydrogen-bond donors (Lipinski definition) is 1. The van der Waals surface area contributed by atoms with E-state index in [1.165, 1.54) is 36.8 Å². The third kappa shape index (κ3) is 1.55. The van der Waals surface area contributed by atoms with Crippen LogP contribution < -0.4 is 0 Å². The summed E-state index contributed by atoms with van der Waals surface area (Å²) >= 11 is 0. The van der Waals surface area contributed by atoms with Gasteiger partial charge in [0, 0.05) is 0 Å². The summed E-state index contributed by atoms with van der Waals surface area (Å²) in [7, 11) is 0. The summed E-state index contributed by atoms with van der Waals surface area (Å²) in [5, 5.41) is 9.72. The molecule has 1 heteroatoms. The van der Waals surface area contributed by atoms with E-state index in [4.69, 9.17) is 0 Å². The predicted octanol–water partition coefficient (Wildman–Crippen LogP) is 4.75. The fraction of sp³-hybridized carbons (Fsp3) is 0.579. The average Bonchev–Trinajstić information content (AvgIpc) is 2.79. The van der Waals surface area contributed by atoms with Crippen LogP contribution in [0.25, 0.3) is 6.08 Å². The van der Waals surface area contributed by atoms with E-state index in [1.54, 1.807) is 0 Å².